The van der Waals surface area contributed by atoms with Gasteiger partial charge in [0.2, 0.25) is 0 Å². The van der Waals surface area contributed by atoms with Crippen LogP contribution in [-0.2, 0) is 11.2 Å². The molecule has 2 aromatic rings. The number of fused-ring (bicyclic) bond motifs is 1. The molecule has 2 N–H and O–H groups in total. The predicted molar refractivity (Wildman–Crippen MR) is 83.4 cm³/mol. The number of aliphatic hydroxyl groups is 1. The topological polar surface area (TPSA) is 41.5 Å². The Morgan fingerprint density at radius 1 is 1.25 bits per heavy atom. The van der Waals surface area contributed by atoms with Crippen LogP contribution >= 0.6 is 11.3 Å². The van der Waals surface area contributed by atoms with Gasteiger partial charge in [0, 0.05) is 24.4 Å². The summed E-state index contributed by atoms with van der Waals surface area (Å²) in [5, 5.41) is 16.5. The van der Waals surface area contributed by atoms with Crippen molar-refractivity contribution in [3.63, 3.8) is 0 Å². The van der Waals surface area contributed by atoms with Gasteiger partial charge in [0.1, 0.15) is 0 Å². The summed E-state index contributed by atoms with van der Waals surface area (Å²) in [4.78, 5) is 0. The van der Waals surface area contributed by atoms with Gasteiger partial charge in [0.15, 0.2) is 0 Å². The molecule has 0 spiro atoms. The van der Waals surface area contributed by atoms with Crippen LogP contribution in [0.4, 0.5) is 0 Å². The highest BCUT2D eigenvalue weighted by Crippen LogP contribution is 2.22. The molecule has 0 bridgehead atoms. The Kier molecular flexibility index (Phi) is 4.36. The first-order chi connectivity index (χ1) is 9.75. The number of ether oxygens (including phenoxy) is 1. The highest BCUT2D eigenvalue weighted by atomic mass is 32.1. The van der Waals surface area contributed by atoms with E-state index in [1.807, 2.05) is 0 Å². The van der Waals surface area contributed by atoms with Crippen LogP contribution in [-0.4, -0.2) is 37.0 Å². The third-order valence-corrected chi connectivity index (χ3v) is 4.79. The summed E-state index contributed by atoms with van der Waals surface area (Å²) in [6.45, 7) is 2.95. The normalized spacial score (nSPS) is 17.2. The molecule has 4 heteroatoms. The molecule has 0 atom stereocenters. The molecule has 0 unspecified atom stereocenters. The van der Waals surface area contributed by atoms with E-state index in [0.717, 1.165) is 45.6 Å². The Bertz CT molecular complexity index is 562. The highest BCUT2D eigenvalue weighted by molar-refractivity contribution is 7.17. The molecule has 1 fully saturated rings. The second-order valence-electron chi connectivity index (χ2n) is 5.59. The maximum Gasteiger partial charge on any atom is 0.0895 e. The fraction of sp³-hybridized carbons (Fsp3) is 0.500. The van der Waals surface area contributed by atoms with Gasteiger partial charge in [-0.05, 0) is 47.7 Å². The van der Waals surface area contributed by atoms with Crippen LogP contribution in [0.2, 0.25) is 0 Å². The molecule has 0 aliphatic carbocycles. The molecule has 1 aliphatic heterocycles. The lowest BCUT2D eigenvalue weighted by Gasteiger charge is -2.37. The van der Waals surface area contributed by atoms with Crippen LogP contribution in [0.15, 0.2) is 29.6 Å². The summed E-state index contributed by atoms with van der Waals surface area (Å²) >= 11 is 1.78. The van der Waals surface area contributed by atoms with Gasteiger partial charge in [0.25, 0.3) is 0 Å². The van der Waals surface area contributed by atoms with Gasteiger partial charge in [-0.2, -0.15) is 0 Å². The molecule has 0 saturated carbocycles. The molecular formula is C16H21NO2S. The molecule has 0 amide bonds. The van der Waals surface area contributed by atoms with Crippen molar-refractivity contribution in [2.24, 2.45) is 0 Å². The first-order valence-corrected chi connectivity index (χ1v) is 8.10. The third-order valence-electron chi connectivity index (χ3n) is 3.89. The average Bonchev–Trinajstić information content (AvgIpc) is 2.88. The van der Waals surface area contributed by atoms with Gasteiger partial charge in [-0.1, -0.05) is 12.1 Å². The van der Waals surface area contributed by atoms with Crippen molar-refractivity contribution in [1.82, 2.24) is 5.32 Å². The molecule has 108 valence electrons. The first kappa shape index (κ1) is 14.0. The lowest BCUT2D eigenvalue weighted by atomic mass is 9.92. The minimum atomic E-state index is -0.465. The Morgan fingerprint density at radius 2 is 2.15 bits per heavy atom. The number of hydrogen-bond donors (Lipinski definition) is 2. The van der Waals surface area contributed by atoms with Crippen molar-refractivity contribution < 1.29 is 9.84 Å². The van der Waals surface area contributed by atoms with Crippen LogP contribution < -0.4 is 5.32 Å². The van der Waals surface area contributed by atoms with Crippen LogP contribution in [0.25, 0.3) is 10.1 Å². The van der Waals surface area contributed by atoms with Gasteiger partial charge < -0.3 is 15.2 Å². The largest absolute Gasteiger partial charge is 0.387 e. The Morgan fingerprint density at radius 3 is 2.95 bits per heavy atom. The van der Waals surface area contributed by atoms with E-state index in [-0.39, 0.29) is 0 Å². The van der Waals surface area contributed by atoms with Crippen LogP contribution in [0.5, 0.6) is 0 Å². The summed E-state index contributed by atoms with van der Waals surface area (Å²) in [5.74, 6) is 0. The van der Waals surface area contributed by atoms with E-state index in [1.165, 1.54) is 15.6 Å². The fourth-order valence-corrected chi connectivity index (χ4v) is 3.33. The van der Waals surface area contributed by atoms with Crippen molar-refractivity contribution >= 4 is 21.4 Å². The highest BCUT2D eigenvalue weighted by Gasteiger charge is 2.33. The molecule has 20 heavy (non-hydrogen) atoms. The molecule has 3 nitrogen and oxygen atoms in total. The second kappa shape index (κ2) is 6.22. The number of hydrogen-bond acceptors (Lipinski definition) is 4. The molecule has 3 rings (SSSR count). The molecule has 0 radical (unpaired) electrons. The molecule has 1 aromatic carbocycles. The Hall–Kier alpha value is -0.940. The monoisotopic (exact) mass is 291 g/mol. The van der Waals surface area contributed by atoms with Crippen LogP contribution in [0.3, 0.4) is 0 Å². The van der Waals surface area contributed by atoms with Crippen LogP contribution in [0.1, 0.15) is 18.4 Å². The smallest absolute Gasteiger partial charge is 0.0895 e. The van der Waals surface area contributed by atoms with E-state index in [0.29, 0.717) is 0 Å². The van der Waals surface area contributed by atoms with E-state index in [1.54, 1.807) is 11.3 Å². The third kappa shape index (κ3) is 3.38. The minimum Gasteiger partial charge on any atom is -0.387 e. The standard InChI is InChI=1S/C16H21NO2S/c18-16(11-17-12-16)6-1-7-19-8-4-13-2-3-15-14(10-13)5-9-20-15/h2-3,5,9-10,17-18H,1,4,6-8,11-12H2. The lowest BCUT2D eigenvalue weighted by molar-refractivity contribution is -0.0246. The number of benzene rings is 1. The van der Waals surface area contributed by atoms with E-state index < -0.39 is 5.60 Å². The van der Waals surface area contributed by atoms with Crippen molar-refractivity contribution in [2.75, 3.05) is 26.3 Å². The minimum absolute atomic E-state index is 0.465. The van der Waals surface area contributed by atoms with Gasteiger partial charge in [-0.15, -0.1) is 11.3 Å². The first-order valence-electron chi connectivity index (χ1n) is 7.22. The molecule has 1 aromatic heterocycles. The van der Waals surface area contributed by atoms with Crippen molar-refractivity contribution in [2.45, 2.75) is 24.9 Å². The van der Waals surface area contributed by atoms with E-state index in [4.69, 9.17) is 4.74 Å². The lowest BCUT2D eigenvalue weighted by Crippen LogP contribution is -2.59. The quantitative estimate of drug-likeness (QED) is 0.770. The van der Waals surface area contributed by atoms with E-state index >= 15 is 0 Å². The summed E-state index contributed by atoms with van der Waals surface area (Å²) in [7, 11) is 0. The number of rotatable bonds is 7. The van der Waals surface area contributed by atoms with Crippen molar-refractivity contribution in [3.05, 3.63) is 35.2 Å². The second-order valence-corrected chi connectivity index (χ2v) is 6.53. The predicted octanol–water partition coefficient (Wildman–Crippen LogP) is 2.57. The van der Waals surface area contributed by atoms with Gasteiger partial charge in [0.05, 0.1) is 12.2 Å². The van der Waals surface area contributed by atoms with Crippen molar-refractivity contribution in [3.8, 4) is 0 Å². The van der Waals surface area contributed by atoms with Gasteiger partial charge in [-0.3, -0.25) is 0 Å². The number of nitrogens with one attached hydrogen (secondary N) is 1. The Balaban J connectivity index is 1.35. The van der Waals surface area contributed by atoms with Gasteiger partial charge >= 0.3 is 0 Å². The summed E-state index contributed by atoms with van der Waals surface area (Å²) in [6.07, 6.45) is 2.72. The zero-order chi connectivity index (χ0) is 13.8. The Labute approximate surface area is 123 Å². The summed E-state index contributed by atoms with van der Waals surface area (Å²) < 4.78 is 7.01. The van der Waals surface area contributed by atoms with Crippen LogP contribution in [0, 0.1) is 0 Å². The number of β-amino-alcohol motifs (C(OH)–C–C–N with tert-alkyl or cyclic N) is 1. The fourth-order valence-electron chi connectivity index (χ4n) is 2.56. The maximum absolute atomic E-state index is 9.91. The zero-order valence-electron chi connectivity index (χ0n) is 11.6. The summed E-state index contributed by atoms with van der Waals surface area (Å²) in [5.41, 5.74) is 0.866. The van der Waals surface area contributed by atoms with Crippen molar-refractivity contribution in [1.29, 1.82) is 0 Å². The van der Waals surface area contributed by atoms with Gasteiger partial charge in [-0.25, -0.2) is 0 Å². The molecule has 1 aliphatic rings. The van der Waals surface area contributed by atoms with E-state index in [2.05, 4.69) is 35.0 Å². The molecule has 2 heterocycles. The maximum atomic E-state index is 9.91. The average molecular weight is 291 g/mol. The summed E-state index contributed by atoms with van der Waals surface area (Å²) in [6, 6.07) is 8.79. The number of thiophene rings is 1. The molecular weight excluding hydrogens is 270 g/mol. The van der Waals surface area contributed by atoms with E-state index in [9.17, 15) is 5.11 Å². The zero-order valence-corrected chi connectivity index (χ0v) is 12.4. The molecule has 1 saturated heterocycles. The SMILES string of the molecule is OC1(CCCOCCc2ccc3sccc3c2)CNC1.